The number of hydrogen-bond acceptors (Lipinski definition) is 5. The van der Waals surface area contributed by atoms with Gasteiger partial charge in [0.05, 0.1) is 10.6 Å². The average Bonchev–Trinajstić information content (AvgIpc) is 2.60. The molecule has 7 heteroatoms. The predicted octanol–water partition coefficient (Wildman–Crippen LogP) is 2.16. The molecule has 0 bridgehead atoms. The highest BCUT2D eigenvalue weighted by Gasteiger charge is 2.14. The summed E-state index contributed by atoms with van der Waals surface area (Å²) in [6.07, 6.45) is 0. The zero-order valence-electron chi connectivity index (χ0n) is 12.5. The normalized spacial score (nSPS) is 14.4. The highest BCUT2D eigenvalue weighted by atomic mass is 32.2. The minimum Gasteiger partial charge on any atom is -0.486 e. The quantitative estimate of drug-likeness (QED) is 0.687. The zero-order chi connectivity index (χ0) is 16.3. The molecule has 0 spiro atoms. The Balaban J connectivity index is 1.80. The van der Waals surface area contributed by atoms with Crippen molar-refractivity contribution in [1.82, 2.24) is 4.83 Å². The van der Waals surface area contributed by atoms with E-state index in [0.717, 1.165) is 5.56 Å². The van der Waals surface area contributed by atoms with Crippen LogP contribution in [0.15, 0.2) is 58.5 Å². The van der Waals surface area contributed by atoms with Gasteiger partial charge in [0.25, 0.3) is 10.0 Å². The van der Waals surface area contributed by atoms with E-state index in [-0.39, 0.29) is 4.90 Å². The van der Waals surface area contributed by atoms with Gasteiger partial charge in [0.15, 0.2) is 11.5 Å². The Kier molecular flexibility index (Phi) is 4.20. The van der Waals surface area contributed by atoms with E-state index in [1.165, 1.54) is 12.1 Å². The van der Waals surface area contributed by atoms with Gasteiger partial charge < -0.3 is 9.47 Å². The second-order valence-corrected chi connectivity index (χ2v) is 6.62. The first-order chi connectivity index (χ1) is 11.1. The Morgan fingerprint density at radius 2 is 1.74 bits per heavy atom. The van der Waals surface area contributed by atoms with Crippen LogP contribution >= 0.6 is 0 Å². The van der Waals surface area contributed by atoms with Crippen LogP contribution in [0.3, 0.4) is 0 Å². The third kappa shape index (κ3) is 3.45. The highest BCUT2D eigenvalue weighted by molar-refractivity contribution is 7.89. The lowest BCUT2D eigenvalue weighted by atomic mass is 10.1. The molecule has 1 heterocycles. The molecule has 0 unspecified atom stereocenters. The SMILES string of the molecule is C/C(=N\NS(=O)(=O)c1ccccc1)c1ccc2c(c1)OCCO2. The monoisotopic (exact) mass is 332 g/mol. The molecule has 0 atom stereocenters. The fraction of sp³-hybridized carbons (Fsp3) is 0.188. The van der Waals surface area contributed by atoms with Crippen LogP contribution in [-0.4, -0.2) is 27.3 Å². The molecule has 2 aromatic carbocycles. The van der Waals surface area contributed by atoms with Crippen molar-refractivity contribution >= 4 is 15.7 Å². The molecule has 0 radical (unpaired) electrons. The van der Waals surface area contributed by atoms with Crippen LogP contribution in [0.4, 0.5) is 0 Å². The van der Waals surface area contributed by atoms with Crippen LogP contribution in [0.25, 0.3) is 0 Å². The number of nitrogens with one attached hydrogen (secondary N) is 1. The molecule has 2 aromatic rings. The summed E-state index contributed by atoms with van der Waals surface area (Å²) in [6, 6.07) is 13.5. The summed E-state index contributed by atoms with van der Waals surface area (Å²) < 4.78 is 35.2. The lowest BCUT2D eigenvalue weighted by molar-refractivity contribution is 0.171. The number of fused-ring (bicyclic) bond motifs is 1. The van der Waals surface area contributed by atoms with Crippen molar-refractivity contribution < 1.29 is 17.9 Å². The summed E-state index contributed by atoms with van der Waals surface area (Å²) >= 11 is 0. The Labute approximate surface area is 134 Å². The van der Waals surface area contributed by atoms with Crippen LogP contribution in [0.1, 0.15) is 12.5 Å². The molecule has 0 aromatic heterocycles. The van der Waals surface area contributed by atoms with E-state index >= 15 is 0 Å². The zero-order valence-corrected chi connectivity index (χ0v) is 13.3. The minimum atomic E-state index is -3.67. The van der Waals surface area contributed by atoms with Gasteiger partial charge in [-0.1, -0.05) is 18.2 Å². The standard InChI is InChI=1S/C16H16N2O4S/c1-12(13-7-8-15-16(11-13)22-10-9-21-15)17-18-23(19,20)14-5-3-2-4-6-14/h2-8,11,18H,9-10H2,1H3/b17-12+. The van der Waals surface area contributed by atoms with Crippen molar-refractivity contribution in [2.75, 3.05) is 13.2 Å². The molecular weight excluding hydrogens is 316 g/mol. The number of rotatable bonds is 4. The first-order valence-corrected chi connectivity index (χ1v) is 8.56. The van der Waals surface area contributed by atoms with E-state index in [9.17, 15) is 8.42 Å². The molecule has 23 heavy (non-hydrogen) atoms. The van der Waals surface area contributed by atoms with Gasteiger partial charge in [0.2, 0.25) is 0 Å². The van der Waals surface area contributed by atoms with Gasteiger partial charge in [-0.2, -0.15) is 18.4 Å². The van der Waals surface area contributed by atoms with Gasteiger partial charge in [0.1, 0.15) is 13.2 Å². The van der Waals surface area contributed by atoms with Gasteiger partial charge in [-0.15, -0.1) is 0 Å². The number of hydrazone groups is 1. The lowest BCUT2D eigenvalue weighted by Crippen LogP contribution is -2.20. The van der Waals surface area contributed by atoms with Crippen LogP contribution < -0.4 is 14.3 Å². The largest absolute Gasteiger partial charge is 0.486 e. The lowest BCUT2D eigenvalue weighted by Gasteiger charge is -2.18. The molecule has 1 aliphatic heterocycles. The summed E-state index contributed by atoms with van der Waals surface area (Å²) in [5.41, 5.74) is 1.28. The van der Waals surface area contributed by atoms with Gasteiger partial charge >= 0.3 is 0 Å². The molecule has 1 N–H and O–H groups in total. The molecule has 0 fully saturated rings. The number of hydrogen-bond donors (Lipinski definition) is 1. The molecule has 0 saturated heterocycles. The topological polar surface area (TPSA) is 77.0 Å². The summed E-state index contributed by atoms with van der Waals surface area (Å²) in [7, 11) is -3.67. The molecule has 0 saturated carbocycles. The third-order valence-electron chi connectivity index (χ3n) is 3.35. The maximum Gasteiger partial charge on any atom is 0.276 e. The van der Waals surface area contributed by atoms with E-state index in [1.54, 1.807) is 37.3 Å². The van der Waals surface area contributed by atoms with E-state index < -0.39 is 10.0 Å². The number of sulfonamides is 1. The molecule has 0 amide bonds. The van der Waals surface area contributed by atoms with Crippen LogP contribution in [0, 0.1) is 0 Å². The third-order valence-corrected chi connectivity index (χ3v) is 4.57. The van der Waals surface area contributed by atoms with Crippen molar-refractivity contribution in [2.45, 2.75) is 11.8 Å². The van der Waals surface area contributed by atoms with E-state index in [2.05, 4.69) is 9.93 Å². The number of ether oxygens (including phenoxy) is 2. The molecular formula is C16H16N2O4S. The Hall–Kier alpha value is -2.54. The molecule has 0 aliphatic carbocycles. The van der Waals surface area contributed by atoms with Gasteiger partial charge in [-0.05, 0) is 37.3 Å². The smallest absolute Gasteiger partial charge is 0.276 e. The van der Waals surface area contributed by atoms with Crippen molar-refractivity contribution in [3.63, 3.8) is 0 Å². The fourth-order valence-corrected chi connectivity index (χ4v) is 2.99. The predicted molar refractivity (Wildman–Crippen MR) is 86.4 cm³/mol. The van der Waals surface area contributed by atoms with E-state index in [0.29, 0.717) is 30.4 Å². The van der Waals surface area contributed by atoms with Crippen LogP contribution in [0.2, 0.25) is 0 Å². The maximum absolute atomic E-state index is 12.1. The summed E-state index contributed by atoms with van der Waals surface area (Å²) in [6.45, 7) is 2.74. The van der Waals surface area contributed by atoms with Crippen LogP contribution in [-0.2, 0) is 10.0 Å². The molecule has 120 valence electrons. The first kappa shape index (κ1) is 15.4. The Morgan fingerprint density at radius 1 is 1.04 bits per heavy atom. The second-order valence-electron chi connectivity index (χ2n) is 4.96. The highest BCUT2D eigenvalue weighted by Crippen LogP contribution is 2.30. The van der Waals surface area contributed by atoms with Crippen molar-refractivity contribution in [3.8, 4) is 11.5 Å². The molecule has 6 nitrogen and oxygen atoms in total. The molecule has 3 rings (SSSR count). The van der Waals surface area contributed by atoms with E-state index in [1.807, 2.05) is 6.07 Å². The molecule has 1 aliphatic rings. The van der Waals surface area contributed by atoms with Gasteiger partial charge in [-0.3, -0.25) is 0 Å². The Bertz CT molecular complexity index is 832. The fourth-order valence-electron chi connectivity index (χ4n) is 2.11. The van der Waals surface area contributed by atoms with Gasteiger partial charge in [0, 0.05) is 5.56 Å². The summed E-state index contributed by atoms with van der Waals surface area (Å²) in [4.78, 5) is 2.41. The van der Waals surface area contributed by atoms with Crippen molar-refractivity contribution in [1.29, 1.82) is 0 Å². The Morgan fingerprint density at radius 3 is 2.48 bits per heavy atom. The number of nitrogens with zero attached hydrogens (tertiary/aromatic N) is 1. The average molecular weight is 332 g/mol. The van der Waals surface area contributed by atoms with Crippen LogP contribution in [0.5, 0.6) is 11.5 Å². The van der Waals surface area contributed by atoms with Crippen molar-refractivity contribution in [2.24, 2.45) is 5.10 Å². The van der Waals surface area contributed by atoms with E-state index in [4.69, 9.17) is 9.47 Å². The van der Waals surface area contributed by atoms with Crippen molar-refractivity contribution in [3.05, 3.63) is 54.1 Å². The second kappa shape index (κ2) is 6.29. The van der Waals surface area contributed by atoms with Gasteiger partial charge in [-0.25, -0.2) is 0 Å². The first-order valence-electron chi connectivity index (χ1n) is 7.07. The summed E-state index contributed by atoms with van der Waals surface area (Å²) in [5.74, 6) is 1.31. The summed E-state index contributed by atoms with van der Waals surface area (Å²) in [5, 5.41) is 3.97. The maximum atomic E-state index is 12.1. The minimum absolute atomic E-state index is 0.165. The number of benzene rings is 2.